The van der Waals surface area contributed by atoms with E-state index in [-0.39, 0.29) is 12.5 Å². The minimum Gasteiger partial charge on any atom is -0.486 e. The summed E-state index contributed by atoms with van der Waals surface area (Å²) < 4.78 is 16.6. The Morgan fingerprint density at radius 2 is 1.93 bits per heavy atom. The van der Waals surface area contributed by atoms with Crippen LogP contribution in [0.15, 0.2) is 58.1 Å². The quantitative estimate of drug-likeness (QED) is 0.551. The van der Waals surface area contributed by atoms with Crippen molar-refractivity contribution in [1.29, 1.82) is 0 Å². The Labute approximate surface area is 155 Å². The highest BCUT2D eigenvalue weighted by Gasteiger charge is 2.13. The molecule has 7 heteroatoms. The van der Waals surface area contributed by atoms with E-state index < -0.39 is 0 Å². The standard InChI is InChI=1S/C20H18N2O5/c1-13(18-10-14-4-2-3-5-16(14)27-18)22-26-12-20(23)21-15-6-7-17-19(11-15)25-9-8-24-17/h2-7,10-11H,8-9,12H2,1H3,(H,21,23)/b22-13-. The van der Waals surface area contributed by atoms with E-state index in [2.05, 4.69) is 10.5 Å². The van der Waals surface area contributed by atoms with E-state index in [0.717, 1.165) is 11.0 Å². The largest absolute Gasteiger partial charge is 0.486 e. The van der Waals surface area contributed by atoms with E-state index in [0.29, 0.717) is 41.9 Å². The SMILES string of the molecule is C/C(=N/OCC(=O)Nc1ccc2c(c1)OCCO2)c1cc2ccccc2o1. The molecule has 1 aromatic heterocycles. The maximum atomic E-state index is 12.0. The molecule has 27 heavy (non-hydrogen) atoms. The molecule has 0 saturated carbocycles. The lowest BCUT2D eigenvalue weighted by Crippen LogP contribution is -2.18. The van der Waals surface area contributed by atoms with Crippen molar-refractivity contribution in [3.8, 4) is 11.5 Å². The molecule has 1 aliphatic rings. The Bertz CT molecular complexity index is 976. The molecule has 2 aromatic carbocycles. The third-order valence-corrected chi connectivity index (χ3v) is 4.01. The summed E-state index contributed by atoms with van der Waals surface area (Å²) in [6.45, 7) is 2.56. The average Bonchev–Trinajstić information content (AvgIpc) is 3.12. The maximum absolute atomic E-state index is 12.0. The molecule has 0 fully saturated rings. The molecule has 0 radical (unpaired) electrons. The van der Waals surface area contributed by atoms with Crippen LogP contribution in [0, 0.1) is 0 Å². The molecule has 0 bridgehead atoms. The van der Waals surface area contributed by atoms with Crippen LogP contribution in [-0.4, -0.2) is 31.4 Å². The fourth-order valence-electron chi connectivity index (χ4n) is 2.71. The number of benzene rings is 2. The molecule has 0 spiro atoms. The van der Waals surface area contributed by atoms with Crippen LogP contribution in [0.25, 0.3) is 11.0 Å². The number of nitrogens with zero attached hydrogens (tertiary/aromatic N) is 1. The van der Waals surface area contributed by atoms with Gasteiger partial charge in [-0.1, -0.05) is 23.4 Å². The second kappa shape index (κ2) is 7.41. The number of furan rings is 1. The average molecular weight is 366 g/mol. The Morgan fingerprint density at radius 1 is 1.11 bits per heavy atom. The number of rotatable bonds is 5. The van der Waals surface area contributed by atoms with Crippen molar-refractivity contribution >= 4 is 28.3 Å². The first-order valence-electron chi connectivity index (χ1n) is 8.54. The van der Waals surface area contributed by atoms with Crippen molar-refractivity contribution in [3.63, 3.8) is 0 Å². The Morgan fingerprint density at radius 3 is 2.78 bits per heavy atom. The van der Waals surface area contributed by atoms with Crippen molar-refractivity contribution in [2.45, 2.75) is 6.92 Å². The Hall–Kier alpha value is -3.48. The summed E-state index contributed by atoms with van der Waals surface area (Å²) in [5.74, 6) is 1.55. The summed E-state index contributed by atoms with van der Waals surface area (Å²) in [7, 11) is 0. The molecule has 7 nitrogen and oxygen atoms in total. The normalized spacial score (nSPS) is 13.4. The van der Waals surface area contributed by atoms with Crippen LogP contribution in [0.3, 0.4) is 0 Å². The molecule has 4 rings (SSSR count). The van der Waals surface area contributed by atoms with Crippen molar-refractivity contribution in [3.05, 3.63) is 54.3 Å². The number of para-hydroxylation sites is 1. The van der Waals surface area contributed by atoms with Gasteiger partial charge in [0.2, 0.25) is 0 Å². The van der Waals surface area contributed by atoms with Gasteiger partial charge >= 0.3 is 0 Å². The lowest BCUT2D eigenvalue weighted by molar-refractivity contribution is -0.120. The van der Waals surface area contributed by atoms with Crippen LogP contribution < -0.4 is 14.8 Å². The van der Waals surface area contributed by atoms with E-state index in [1.165, 1.54) is 0 Å². The van der Waals surface area contributed by atoms with E-state index in [1.807, 2.05) is 30.3 Å². The zero-order valence-electron chi connectivity index (χ0n) is 14.7. The van der Waals surface area contributed by atoms with Gasteiger partial charge in [-0.25, -0.2) is 0 Å². The van der Waals surface area contributed by atoms with Crippen LogP contribution in [0.1, 0.15) is 12.7 Å². The number of fused-ring (bicyclic) bond motifs is 2. The van der Waals surface area contributed by atoms with Crippen LogP contribution in [0.4, 0.5) is 5.69 Å². The second-order valence-electron chi connectivity index (χ2n) is 6.01. The van der Waals surface area contributed by atoms with Gasteiger partial charge in [0, 0.05) is 17.1 Å². The van der Waals surface area contributed by atoms with Gasteiger partial charge in [-0.2, -0.15) is 0 Å². The molecule has 0 atom stereocenters. The van der Waals surface area contributed by atoms with Crippen LogP contribution in [-0.2, 0) is 9.63 Å². The molecule has 138 valence electrons. The smallest absolute Gasteiger partial charge is 0.265 e. The molecule has 0 saturated heterocycles. The molecule has 1 amide bonds. The number of carbonyl (C=O) groups is 1. The van der Waals surface area contributed by atoms with Gasteiger partial charge in [-0.3, -0.25) is 4.79 Å². The van der Waals surface area contributed by atoms with Crippen molar-refractivity contribution in [2.24, 2.45) is 5.16 Å². The first kappa shape index (κ1) is 17.0. The molecule has 0 aliphatic carbocycles. The van der Waals surface area contributed by atoms with Crippen LogP contribution in [0.5, 0.6) is 11.5 Å². The molecule has 2 heterocycles. The fourth-order valence-corrected chi connectivity index (χ4v) is 2.71. The number of anilines is 1. The topological polar surface area (TPSA) is 82.3 Å². The van der Waals surface area contributed by atoms with Gasteiger partial charge in [0.15, 0.2) is 23.9 Å². The lowest BCUT2D eigenvalue weighted by atomic mass is 10.2. The summed E-state index contributed by atoms with van der Waals surface area (Å²) in [6, 6.07) is 14.8. The minimum absolute atomic E-state index is 0.216. The number of oxime groups is 1. The first-order chi connectivity index (χ1) is 13.2. The zero-order valence-corrected chi connectivity index (χ0v) is 14.7. The van der Waals surface area contributed by atoms with Gasteiger partial charge in [0.05, 0.1) is 0 Å². The first-order valence-corrected chi connectivity index (χ1v) is 8.54. The van der Waals surface area contributed by atoms with Crippen LogP contribution in [0.2, 0.25) is 0 Å². The predicted molar refractivity (Wildman–Crippen MR) is 100 cm³/mol. The molecule has 3 aromatic rings. The third kappa shape index (κ3) is 3.87. The highest BCUT2D eigenvalue weighted by atomic mass is 16.6. The summed E-state index contributed by atoms with van der Waals surface area (Å²) in [5.41, 5.74) is 1.93. The van der Waals surface area contributed by atoms with Gasteiger partial charge in [0.1, 0.15) is 24.5 Å². The van der Waals surface area contributed by atoms with E-state index in [4.69, 9.17) is 18.7 Å². The molecule has 1 N–H and O–H groups in total. The summed E-state index contributed by atoms with van der Waals surface area (Å²) >= 11 is 0. The van der Waals surface area contributed by atoms with Gasteiger partial charge < -0.3 is 24.0 Å². The lowest BCUT2D eigenvalue weighted by Gasteiger charge is -2.18. The monoisotopic (exact) mass is 366 g/mol. The summed E-state index contributed by atoms with van der Waals surface area (Å²) in [4.78, 5) is 17.2. The fraction of sp³-hybridized carbons (Fsp3) is 0.200. The van der Waals surface area contributed by atoms with Crippen molar-refractivity contribution in [2.75, 3.05) is 25.1 Å². The summed E-state index contributed by atoms with van der Waals surface area (Å²) in [5, 5.41) is 7.68. The van der Waals surface area contributed by atoms with Gasteiger partial charge in [-0.15, -0.1) is 0 Å². The van der Waals surface area contributed by atoms with Crippen molar-refractivity contribution < 1.29 is 23.5 Å². The van der Waals surface area contributed by atoms with E-state index >= 15 is 0 Å². The summed E-state index contributed by atoms with van der Waals surface area (Å²) in [6.07, 6.45) is 0. The number of amides is 1. The zero-order chi connectivity index (χ0) is 18.6. The highest BCUT2D eigenvalue weighted by Crippen LogP contribution is 2.32. The molecular weight excluding hydrogens is 348 g/mol. The van der Waals surface area contributed by atoms with Gasteiger partial charge in [0.25, 0.3) is 5.91 Å². The second-order valence-corrected chi connectivity index (χ2v) is 6.01. The number of hydrogen-bond donors (Lipinski definition) is 1. The van der Waals surface area contributed by atoms with Gasteiger partial charge in [-0.05, 0) is 31.2 Å². The predicted octanol–water partition coefficient (Wildman–Crippen LogP) is 3.58. The number of carbonyl (C=O) groups excluding carboxylic acids is 1. The number of hydrogen-bond acceptors (Lipinski definition) is 6. The minimum atomic E-state index is -0.326. The van der Waals surface area contributed by atoms with E-state index in [9.17, 15) is 4.79 Å². The number of ether oxygens (including phenoxy) is 2. The number of nitrogens with one attached hydrogen (secondary N) is 1. The van der Waals surface area contributed by atoms with E-state index in [1.54, 1.807) is 25.1 Å². The maximum Gasteiger partial charge on any atom is 0.265 e. The molecule has 1 aliphatic heterocycles. The Kier molecular flexibility index (Phi) is 4.65. The van der Waals surface area contributed by atoms with Crippen molar-refractivity contribution in [1.82, 2.24) is 0 Å². The highest BCUT2D eigenvalue weighted by molar-refractivity contribution is 5.99. The third-order valence-electron chi connectivity index (χ3n) is 4.01. The molecular formula is C20H18N2O5. The van der Waals surface area contributed by atoms with Crippen LogP contribution >= 0.6 is 0 Å². The molecule has 0 unspecified atom stereocenters. The Balaban J connectivity index is 1.34.